The van der Waals surface area contributed by atoms with Crippen molar-refractivity contribution in [2.45, 2.75) is 46.8 Å². The number of carbonyl (C=O) groups is 1. The smallest absolute Gasteiger partial charge is 0.338 e. The molecule has 8 nitrogen and oxygen atoms in total. The Balaban J connectivity index is 1.94. The van der Waals surface area contributed by atoms with Crippen LogP contribution < -0.4 is 29.1 Å². The first-order valence-electron chi connectivity index (χ1n) is 12.4. The van der Waals surface area contributed by atoms with Gasteiger partial charge in [0.15, 0.2) is 16.3 Å². The molecule has 2 heterocycles. The summed E-state index contributed by atoms with van der Waals surface area (Å²) in [5.41, 5.74) is 3.12. The number of fused-ring (bicyclic) bond motifs is 1. The fourth-order valence-electron chi connectivity index (χ4n) is 4.39. The molecule has 3 aromatic rings. The third-order valence-electron chi connectivity index (χ3n) is 6.15. The van der Waals surface area contributed by atoms with Gasteiger partial charge in [-0.1, -0.05) is 23.5 Å². The van der Waals surface area contributed by atoms with Crippen LogP contribution in [0.15, 0.2) is 57.5 Å². The zero-order valence-corrected chi connectivity index (χ0v) is 23.5. The Hall–Kier alpha value is -3.85. The Morgan fingerprint density at radius 2 is 1.87 bits per heavy atom. The summed E-state index contributed by atoms with van der Waals surface area (Å²) in [6.07, 6.45) is 1.80. The number of ether oxygens (including phenoxy) is 4. The van der Waals surface area contributed by atoms with Crippen molar-refractivity contribution in [1.29, 1.82) is 0 Å². The summed E-state index contributed by atoms with van der Waals surface area (Å²) >= 11 is 1.28. The summed E-state index contributed by atoms with van der Waals surface area (Å²) in [4.78, 5) is 32.2. The molecule has 4 rings (SSSR count). The first kappa shape index (κ1) is 27.2. The van der Waals surface area contributed by atoms with Crippen molar-refractivity contribution in [3.8, 4) is 17.2 Å². The van der Waals surface area contributed by atoms with Gasteiger partial charge >= 0.3 is 5.97 Å². The molecule has 0 saturated heterocycles. The maximum absolute atomic E-state index is 13.9. The van der Waals surface area contributed by atoms with Gasteiger partial charge in [0.25, 0.3) is 5.56 Å². The van der Waals surface area contributed by atoms with E-state index in [0.29, 0.717) is 37.7 Å². The highest BCUT2D eigenvalue weighted by molar-refractivity contribution is 7.07. The number of nitrogens with zero attached hydrogens (tertiary/aromatic N) is 2. The topological polar surface area (TPSA) is 88.4 Å². The van der Waals surface area contributed by atoms with E-state index in [4.69, 9.17) is 18.9 Å². The van der Waals surface area contributed by atoms with Crippen molar-refractivity contribution in [2.24, 2.45) is 4.99 Å². The van der Waals surface area contributed by atoms with Crippen LogP contribution in [0.5, 0.6) is 17.2 Å². The van der Waals surface area contributed by atoms with E-state index in [1.807, 2.05) is 51.1 Å². The zero-order valence-electron chi connectivity index (χ0n) is 22.7. The largest absolute Gasteiger partial charge is 0.497 e. The van der Waals surface area contributed by atoms with E-state index >= 15 is 0 Å². The molecule has 0 saturated carbocycles. The molecule has 200 valence electrons. The molecule has 0 bridgehead atoms. The van der Waals surface area contributed by atoms with E-state index in [1.54, 1.807) is 44.8 Å². The molecule has 0 fully saturated rings. The number of rotatable bonds is 8. The molecule has 0 radical (unpaired) electrons. The van der Waals surface area contributed by atoms with Crippen LogP contribution >= 0.6 is 11.3 Å². The number of esters is 1. The highest BCUT2D eigenvalue weighted by Crippen LogP contribution is 2.36. The molecular formula is C29H32N2O6S. The number of carbonyl (C=O) groups excluding carboxylic acids is 1. The molecule has 9 heteroatoms. The Morgan fingerprint density at radius 1 is 1.11 bits per heavy atom. The summed E-state index contributed by atoms with van der Waals surface area (Å²) in [5.74, 6) is 1.31. The van der Waals surface area contributed by atoms with Crippen LogP contribution in [0.4, 0.5) is 0 Å². The van der Waals surface area contributed by atoms with Crippen molar-refractivity contribution < 1.29 is 23.7 Å². The Kier molecular flexibility index (Phi) is 8.06. The summed E-state index contributed by atoms with van der Waals surface area (Å²) in [6, 6.07) is 10.4. The molecule has 38 heavy (non-hydrogen) atoms. The highest BCUT2D eigenvalue weighted by Gasteiger charge is 2.34. The number of methoxy groups -OCH3 is 2. The minimum absolute atomic E-state index is 0.0499. The Bertz CT molecular complexity index is 1580. The van der Waals surface area contributed by atoms with E-state index in [9.17, 15) is 9.59 Å². The molecule has 0 spiro atoms. The molecule has 0 N–H and O–H groups in total. The second-order valence-corrected chi connectivity index (χ2v) is 10.1. The van der Waals surface area contributed by atoms with Gasteiger partial charge in [-0.25, -0.2) is 9.79 Å². The Labute approximate surface area is 225 Å². The average molecular weight is 537 g/mol. The van der Waals surface area contributed by atoms with Crippen LogP contribution in [0, 0.1) is 6.92 Å². The number of thiazole rings is 1. The lowest BCUT2D eigenvalue weighted by atomic mass is 9.95. The van der Waals surface area contributed by atoms with Crippen molar-refractivity contribution in [2.75, 3.05) is 20.8 Å². The fourth-order valence-corrected chi connectivity index (χ4v) is 5.43. The van der Waals surface area contributed by atoms with Gasteiger partial charge in [0.05, 0.1) is 48.8 Å². The van der Waals surface area contributed by atoms with Crippen molar-refractivity contribution in [1.82, 2.24) is 4.57 Å². The van der Waals surface area contributed by atoms with Gasteiger partial charge in [0.2, 0.25) is 0 Å². The number of benzene rings is 2. The molecule has 0 aliphatic carbocycles. The third-order valence-corrected chi connectivity index (χ3v) is 7.13. The van der Waals surface area contributed by atoms with Crippen LogP contribution in [0.25, 0.3) is 6.08 Å². The van der Waals surface area contributed by atoms with E-state index in [0.717, 1.165) is 16.9 Å². The van der Waals surface area contributed by atoms with Crippen LogP contribution in [0.2, 0.25) is 0 Å². The maximum Gasteiger partial charge on any atom is 0.338 e. The summed E-state index contributed by atoms with van der Waals surface area (Å²) in [5, 5.41) is 0. The third kappa shape index (κ3) is 5.24. The lowest BCUT2D eigenvalue weighted by Crippen LogP contribution is -2.40. The molecule has 1 atom stereocenters. The monoisotopic (exact) mass is 536 g/mol. The van der Waals surface area contributed by atoms with Gasteiger partial charge in [0.1, 0.15) is 5.75 Å². The number of hydrogen-bond donors (Lipinski definition) is 0. The summed E-state index contributed by atoms with van der Waals surface area (Å²) in [6.45, 7) is 9.54. The predicted molar refractivity (Wildman–Crippen MR) is 147 cm³/mol. The minimum Gasteiger partial charge on any atom is -0.497 e. The quantitative estimate of drug-likeness (QED) is 0.406. The van der Waals surface area contributed by atoms with E-state index in [1.165, 1.54) is 11.3 Å². The van der Waals surface area contributed by atoms with Gasteiger partial charge in [-0.3, -0.25) is 9.36 Å². The average Bonchev–Trinajstić information content (AvgIpc) is 3.18. The number of aryl methyl sites for hydroxylation is 1. The minimum atomic E-state index is -0.744. The Morgan fingerprint density at radius 3 is 2.50 bits per heavy atom. The summed E-state index contributed by atoms with van der Waals surface area (Å²) < 4.78 is 24.2. The van der Waals surface area contributed by atoms with Gasteiger partial charge in [0, 0.05) is 0 Å². The fraction of sp³-hybridized carbons (Fsp3) is 0.345. The van der Waals surface area contributed by atoms with E-state index in [-0.39, 0.29) is 18.3 Å². The van der Waals surface area contributed by atoms with Gasteiger partial charge < -0.3 is 18.9 Å². The first-order chi connectivity index (χ1) is 18.2. The van der Waals surface area contributed by atoms with Crippen molar-refractivity contribution >= 4 is 23.4 Å². The van der Waals surface area contributed by atoms with Crippen LogP contribution in [-0.4, -0.2) is 37.5 Å². The second kappa shape index (κ2) is 11.3. The lowest BCUT2D eigenvalue weighted by Gasteiger charge is -2.25. The van der Waals surface area contributed by atoms with Gasteiger partial charge in [-0.15, -0.1) is 0 Å². The van der Waals surface area contributed by atoms with Crippen molar-refractivity contribution in [3.63, 3.8) is 0 Å². The van der Waals surface area contributed by atoms with Gasteiger partial charge in [-0.05, 0) is 81.7 Å². The lowest BCUT2D eigenvalue weighted by molar-refractivity contribution is -0.139. The molecular weight excluding hydrogens is 504 g/mol. The zero-order chi connectivity index (χ0) is 27.6. The standard InChI is InChI=1S/C29H32N2O6S/c1-8-36-28(33)25-18(5)30-29-31(26(25)20-10-12-22(37-16(2)3)23(14-20)35-7)27(32)24(38-29)15-19-9-11-21(34-6)13-17(19)4/h9-16,26H,8H2,1-7H3/b24-15-/t26-/m1/s1. The molecule has 2 aromatic carbocycles. The molecule has 1 aliphatic heterocycles. The van der Waals surface area contributed by atoms with Gasteiger partial charge in [-0.2, -0.15) is 0 Å². The number of allylic oxidation sites excluding steroid dienone is 1. The molecule has 0 unspecified atom stereocenters. The highest BCUT2D eigenvalue weighted by atomic mass is 32.1. The second-order valence-electron chi connectivity index (χ2n) is 9.10. The van der Waals surface area contributed by atoms with Crippen LogP contribution in [0.1, 0.15) is 50.4 Å². The number of aromatic nitrogens is 1. The summed E-state index contributed by atoms with van der Waals surface area (Å²) in [7, 11) is 3.18. The SMILES string of the molecule is CCOC(=O)C1=C(C)N=c2s/c(=C\c3ccc(OC)cc3C)c(=O)n2[C@@H]1c1ccc(OC(C)C)c(OC)c1. The first-order valence-corrected chi connectivity index (χ1v) is 13.2. The van der Waals surface area contributed by atoms with Crippen molar-refractivity contribution in [3.05, 3.63) is 84.0 Å². The maximum atomic E-state index is 13.9. The van der Waals surface area contributed by atoms with Crippen LogP contribution in [-0.2, 0) is 9.53 Å². The van der Waals surface area contributed by atoms with E-state index < -0.39 is 12.0 Å². The molecule has 1 aliphatic rings. The normalized spacial score (nSPS) is 15.3. The molecule has 0 amide bonds. The van der Waals surface area contributed by atoms with Crippen LogP contribution in [0.3, 0.4) is 0 Å². The predicted octanol–water partition coefficient (Wildman–Crippen LogP) is 3.91. The number of hydrogen-bond acceptors (Lipinski definition) is 8. The van der Waals surface area contributed by atoms with E-state index in [2.05, 4.69) is 4.99 Å². The molecule has 1 aromatic heterocycles.